The number of carbonyl (C=O) groups excluding carboxylic acids is 3. The van der Waals surface area contributed by atoms with E-state index in [4.69, 9.17) is 0 Å². The molecule has 6 nitrogen and oxygen atoms in total. The molecule has 0 N–H and O–H groups in total. The second kappa shape index (κ2) is 8.14. The van der Waals surface area contributed by atoms with Gasteiger partial charge in [-0.15, -0.1) is 0 Å². The zero-order chi connectivity index (χ0) is 23.0. The zero-order valence-corrected chi connectivity index (χ0v) is 16.7. The van der Waals surface area contributed by atoms with E-state index < -0.39 is 46.3 Å². The van der Waals surface area contributed by atoms with E-state index in [2.05, 4.69) is 4.98 Å². The first-order valence-corrected chi connectivity index (χ1v) is 9.92. The molecule has 0 amide bonds. The predicted molar refractivity (Wildman–Crippen MR) is 108 cm³/mol. The number of hydrogen-bond acceptors (Lipinski definition) is 5. The van der Waals surface area contributed by atoms with Crippen LogP contribution in [-0.4, -0.2) is 26.9 Å². The number of hydrogen-bond donors (Lipinski definition) is 0. The van der Waals surface area contributed by atoms with E-state index in [1.165, 1.54) is 12.1 Å². The molecule has 0 unspecified atom stereocenters. The summed E-state index contributed by atoms with van der Waals surface area (Å²) in [5.41, 5.74) is -2.49. The van der Waals surface area contributed by atoms with E-state index >= 15 is 0 Å². The minimum Gasteiger partial charge on any atom is -0.298 e. The van der Waals surface area contributed by atoms with E-state index in [1.807, 2.05) is 0 Å². The smallest absolute Gasteiger partial charge is 0.298 e. The molecule has 4 rings (SSSR count). The van der Waals surface area contributed by atoms with Crippen LogP contribution >= 0.6 is 0 Å². The van der Waals surface area contributed by atoms with Gasteiger partial charge >= 0.3 is 6.18 Å². The third kappa shape index (κ3) is 3.98. The summed E-state index contributed by atoms with van der Waals surface area (Å²) in [4.78, 5) is 53.3. The van der Waals surface area contributed by atoms with Crippen LogP contribution in [0.4, 0.5) is 13.2 Å². The molecular weight excluding hydrogens is 425 g/mol. The quantitative estimate of drug-likeness (QED) is 0.455. The second-order valence-corrected chi connectivity index (χ2v) is 7.62. The van der Waals surface area contributed by atoms with Crippen LogP contribution < -0.4 is 5.56 Å². The van der Waals surface area contributed by atoms with E-state index in [1.54, 1.807) is 30.3 Å². The number of nitrogens with zero attached hydrogens (tertiary/aromatic N) is 2. The summed E-state index contributed by atoms with van der Waals surface area (Å²) in [6.45, 7) is -0.0196. The van der Waals surface area contributed by atoms with Crippen molar-refractivity contribution >= 4 is 28.4 Å². The summed E-state index contributed by atoms with van der Waals surface area (Å²) in [5, 5.41) is 0.118. The number of pyridine rings is 2. The van der Waals surface area contributed by atoms with Gasteiger partial charge in [-0.3, -0.25) is 23.7 Å². The molecular formula is C23H17F3N2O4. The zero-order valence-electron chi connectivity index (χ0n) is 16.7. The number of ketones is 3. The van der Waals surface area contributed by atoms with Crippen LogP contribution in [0.25, 0.3) is 11.0 Å². The molecule has 2 aromatic heterocycles. The molecule has 1 aromatic carbocycles. The summed E-state index contributed by atoms with van der Waals surface area (Å²) in [5.74, 6) is -4.33. The highest BCUT2D eigenvalue weighted by atomic mass is 19.4. The van der Waals surface area contributed by atoms with Crippen LogP contribution in [0.3, 0.4) is 0 Å². The standard InChI is InChI=1S/C23H17F3N2O4/c24-23(25,26)21-15(20(32)19-16(29)7-4-8-17(19)30)11-14-9-10-18(31)28(22(14)27-21)12-13-5-2-1-3-6-13/h1-3,5-6,9-11,19H,4,7-8,12H2. The Morgan fingerprint density at radius 3 is 2.28 bits per heavy atom. The van der Waals surface area contributed by atoms with E-state index in [9.17, 15) is 32.3 Å². The van der Waals surface area contributed by atoms with Gasteiger partial charge in [0.1, 0.15) is 11.6 Å². The number of halogens is 3. The van der Waals surface area contributed by atoms with Crippen molar-refractivity contribution in [2.75, 3.05) is 0 Å². The molecule has 0 spiro atoms. The molecule has 0 aliphatic heterocycles. The maximum Gasteiger partial charge on any atom is 0.434 e. The molecule has 0 bridgehead atoms. The molecule has 1 aliphatic rings. The molecule has 2 heterocycles. The fraction of sp³-hybridized carbons (Fsp3) is 0.261. The van der Waals surface area contributed by atoms with Crippen LogP contribution in [0.2, 0.25) is 0 Å². The lowest BCUT2D eigenvalue weighted by Crippen LogP contribution is -2.36. The van der Waals surface area contributed by atoms with Gasteiger partial charge in [0, 0.05) is 24.3 Å². The Morgan fingerprint density at radius 1 is 1.00 bits per heavy atom. The van der Waals surface area contributed by atoms with Crippen molar-refractivity contribution in [3.63, 3.8) is 0 Å². The normalized spacial score (nSPS) is 15.3. The van der Waals surface area contributed by atoms with E-state index in [0.29, 0.717) is 5.56 Å². The third-order valence-corrected chi connectivity index (χ3v) is 5.43. The lowest BCUT2D eigenvalue weighted by Gasteiger charge is -2.20. The van der Waals surface area contributed by atoms with Crippen molar-refractivity contribution in [2.45, 2.75) is 32.0 Å². The summed E-state index contributed by atoms with van der Waals surface area (Å²) in [6, 6.07) is 12.1. The summed E-state index contributed by atoms with van der Waals surface area (Å²) in [6.07, 6.45) is -4.85. The molecule has 0 saturated heterocycles. The van der Waals surface area contributed by atoms with E-state index in [0.717, 1.165) is 10.6 Å². The molecule has 9 heteroatoms. The Morgan fingerprint density at radius 2 is 1.66 bits per heavy atom. The number of fused-ring (bicyclic) bond motifs is 1. The first-order valence-electron chi connectivity index (χ1n) is 9.92. The van der Waals surface area contributed by atoms with Crippen molar-refractivity contribution in [3.8, 4) is 0 Å². The lowest BCUT2D eigenvalue weighted by molar-refractivity contribution is -0.142. The van der Waals surface area contributed by atoms with Crippen LogP contribution in [-0.2, 0) is 22.3 Å². The molecule has 1 saturated carbocycles. The van der Waals surface area contributed by atoms with Crippen LogP contribution in [0.15, 0.2) is 53.3 Å². The molecule has 32 heavy (non-hydrogen) atoms. The van der Waals surface area contributed by atoms with Crippen molar-refractivity contribution in [2.24, 2.45) is 5.92 Å². The maximum absolute atomic E-state index is 13.9. The fourth-order valence-electron chi connectivity index (χ4n) is 3.89. The van der Waals surface area contributed by atoms with Crippen molar-refractivity contribution in [1.29, 1.82) is 0 Å². The first kappa shape index (κ1) is 21.6. The fourth-order valence-corrected chi connectivity index (χ4v) is 3.89. The predicted octanol–water partition coefficient (Wildman–Crippen LogP) is 3.58. The topological polar surface area (TPSA) is 86.1 Å². The van der Waals surface area contributed by atoms with Crippen LogP contribution in [0, 0.1) is 5.92 Å². The average molecular weight is 442 g/mol. The van der Waals surface area contributed by atoms with Gasteiger partial charge < -0.3 is 0 Å². The first-order chi connectivity index (χ1) is 15.2. The molecule has 1 fully saturated rings. The third-order valence-electron chi connectivity index (χ3n) is 5.43. The lowest BCUT2D eigenvalue weighted by atomic mass is 9.81. The van der Waals surface area contributed by atoms with Gasteiger partial charge in [-0.25, -0.2) is 4.98 Å². The second-order valence-electron chi connectivity index (χ2n) is 7.62. The molecule has 0 atom stereocenters. The van der Waals surface area contributed by atoms with Gasteiger partial charge in [0.05, 0.1) is 12.1 Å². The van der Waals surface area contributed by atoms with Crippen LogP contribution in [0.1, 0.15) is 40.9 Å². The summed E-state index contributed by atoms with van der Waals surface area (Å²) >= 11 is 0. The summed E-state index contributed by atoms with van der Waals surface area (Å²) < 4.78 is 42.7. The molecule has 3 aromatic rings. The Labute approximate surface area is 179 Å². The van der Waals surface area contributed by atoms with Gasteiger partial charge in [-0.1, -0.05) is 30.3 Å². The Kier molecular flexibility index (Phi) is 5.50. The largest absolute Gasteiger partial charge is 0.434 e. The minimum absolute atomic E-state index is 0.0196. The summed E-state index contributed by atoms with van der Waals surface area (Å²) in [7, 11) is 0. The SMILES string of the molecule is O=C1CCCC(=O)C1C(=O)c1cc2ccc(=O)n(Cc3ccccc3)c2nc1C(F)(F)F. The maximum atomic E-state index is 13.9. The monoisotopic (exact) mass is 442 g/mol. The number of carbonyl (C=O) groups is 3. The van der Waals surface area contributed by atoms with Gasteiger partial charge in [0.25, 0.3) is 5.56 Å². The number of alkyl halides is 3. The minimum atomic E-state index is -5.04. The highest BCUT2D eigenvalue weighted by Crippen LogP contribution is 2.34. The van der Waals surface area contributed by atoms with Crippen LogP contribution in [0.5, 0.6) is 0 Å². The number of rotatable bonds is 4. The number of Topliss-reactive ketones (excluding diaryl/α,β-unsaturated/α-hetero) is 3. The highest BCUT2D eigenvalue weighted by Gasteiger charge is 2.43. The average Bonchev–Trinajstić information content (AvgIpc) is 2.75. The Bertz CT molecular complexity index is 1280. The van der Waals surface area contributed by atoms with Gasteiger partial charge in [0.2, 0.25) is 0 Å². The number of aromatic nitrogens is 2. The Hall–Kier alpha value is -3.62. The highest BCUT2D eigenvalue weighted by molar-refractivity contribution is 6.25. The van der Waals surface area contributed by atoms with Gasteiger partial charge in [0.15, 0.2) is 23.0 Å². The Balaban J connectivity index is 1.91. The van der Waals surface area contributed by atoms with Crippen molar-refractivity contribution in [1.82, 2.24) is 9.55 Å². The van der Waals surface area contributed by atoms with E-state index in [-0.39, 0.29) is 36.8 Å². The molecule has 0 radical (unpaired) electrons. The number of benzene rings is 1. The van der Waals surface area contributed by atoms with Gasteiger partial charge in [-0.05, 0) is 24.1 Å². The van der Waals surface area contributed by atoms with Gasteiger partial charge in [-0.2, -0.15) is 13.2 Å². The van der Waals surface area contributed by atoms with Crippen molar-refractivity contribution < 1.29 is 27.6 Å². The molecule has 1 aliphatic carbocycles. The van der Waals surface area contributed by atoms with Crippen molar-refractivity contribution in [3.05, 3.63) is 75.7 Å². The molecule has 164 valence electrons.